The zero-order valence-corrected chi connectivity index (χ0v) is 18.3. The van der Waals surface area contributed by atoms with Gasteiger partial charge in [0.05, 0.1) is 18.1 Å². The third kappa shape index (κ3) is 5.82. The van der Waals surface area contributed by atoms with E-state index in [1.54, 1.807) is 31.4 Å². The molecule has 0 aliphatic heterocycles. The first-order chi connectivity index (χ1) is 15.4. The highest BCUT2D eigenvalue weighted by Crippen LogP contribution is 2.25. The zero-order valence-electron chi connectivity index (χ0n) is 18.3. The molecule has 3 aromatic rings. The summed E-state index contributed by atoms with van der Waals surface area (Å²) in [5, 5.41) is 10.9. The number of carbonyl (C=O) groups is 1. The molecule has 0 N–H and O–H groups in total. The van der Waals surface area contributed by atoms with Crippen molar-refractivity contribution in [3.63, 3.8) is 0 Å². The Morgan fingerprint density at radius 3 is 2.47 bits per heavy atom. The summed E-state index contributed by atoms with van der Waals surface area (Å²) in [7, 11) is 1.56. The van der Waals surface area contributed by atoms with Gasteiger partial charge in [0.2, 0.25) is 0 Å². The molecule has 0 bridgehead atoms. The van der Waals surface area contributed by atoms with E-state index in [1.165, 1.54) is 23.8 Å². The molecule has 0 aliphatic rings. The van der Waals surface area contributed by atoms with Gasteiger partial charge in [-0.25, -0.2) is 0 Å². The van der Waals surface area contributed by atoms with E-state index in [-0.39, 0.29) is 18.1 Å². The molecule has 6 heteroatoms. The summed E-state index contributed by atoms with van der Waals surface area (Å²) in [5.74, 6) is 1.35. The average molecular weight is 431 g/mol. The molecule has 0 spiro atoms. The molecule has 3 aromatic carbocycles. The van der Waals surface area contributed by atoms with Crippen LogP contribution in [0.1, 0.15) is 46.8 Å². The fourth-order valence-corrected chi connectivity index (χ4v) is 3.16. The van der Waals surface area contributed by atoms with E-state index in [0.29, 0.717) is 23.0 Å². The Balaban J connectivity index is 1.73. The number of allylic oxidation sites excluding steroid dienone is 1. The van der Waals surface area contributed by atoms with Gasteiger partial charge in [-0.2, -0.15) is 0 Å². The van der Waals surface area contributed by atoms with Gasteiger partial charge < -0.3 is 9.47 Å². The molecule has 0 heterocycles. The molecule has 0 aromatic heterocycles. The Morgan fingerprint density at radius 1 is 1.06 bits per heavy atom. The number of methoxy groups -OCH3 is 1. The van der Waals surface area contributed by atoms with Crippen LogP contribution in [0.3, 0.4) is 0 Å². The highest BCUT2D eigenvalue weighted by molar-refractivity contribution is 6.06. The van der Waals surface area contributed by atoms with E-state index < -0.39 is 4.92 Å². The lowest BCUT2D eigenvalue weighted by atomic mass is 10.00. The van der Waals surface area contributed by atoms with Gasteiger partial charge in [0, 0.05) is 17.2 Å². The van der Waals surface area contributed by atoms with Crippen molar-refractivity contribution in [1.82, 2.24) is 0 Å². The normalized spacial score (nSPS) is 11.0. The molecule has 3 rings (SSSR count). The first-order valence-corrected chi connectivity index (χ1v) is 10.2. The second kappa shape index (κ2) is 10.4. The van der Waals surface area contributed by atoms with E-state index in [9.17, 15) is 14.9 Å². The standard InChI is InChI=1S/C26H25NO5/c1-18(2)20-9-11-21(12-10-20)25(28)13-7-19-8-14-26(31-3)22(15-19)17-32-24-6-4-5-23(16-24)27(29)30/h4-16,18H,17H2,1-3H3/b13-7+. The topological polar surface area (TPSA) is 78.7 Å². The Hall–Kier alpha value is -3.93. The number of ether oxygens (including phenoxy) is 2. The van der Waals surface area contributed by atoms with E-state index in [0.717, 1.165) is 11.1 Å². The predicted molar refractivity (Wildman–Crippen MR) is 124 cm³/mol. The molecular weight excluding hydrogens is 406 g/mol. The van der Waals surface area contributed by atoms with Crippen LogP contribution in [-0.2, 0) is 6.61 Å². The lowest BCUT2D eigenvalue weighted by Crippen LogP contribution is -2.00. The summed E-state index contributed by atoms with van der Waals surface area (Å²) in [6.45, 7) is 4.39. The average Bonchev–Trinajstić information content (AvgIpc) is 2.81. The molecule has 6 nitrogen and oxygen atoms in total. The van der Waals surface area contributed by atoms with Crippen LogP contribution in [0.25, 0.3) is 6.08 Å². The molecule has 0 saturated heterocycles. The van der Waals surface area contributed by atoms with Crippen molar-refractivity contribution in [3.8, 4) is 11.5 Å². The smallest absolute Gasteiger partial charge is 0.273 e. The Kier molecular flexibility index (Phi) is 7.39. The van der Waals surface area contributed by atoms with Gasteiger partial charge in [0.1, 0.15) is 18.1 Å². The van der Waals surface area contributed by atoms with E-state index in [4.69, 9.17) is 9.47 Å². The van der Waals surface area contributed by atoms with Crippen molar-refractivity contribution in [2.75, 3.05) is 7.11 Å². The number of nitro groups is 1. The van der Waals surface area contributed by atoms with Crippen molar-refractivity contribution >= 4 is 17.5 Å². The number of hydrogen-bond acceptors (Lipinski definition) is 5. The van der Waals surface area contributed by atoms with Gasteiger partial charge in [0.25, 0.3) is 5.69 Å². The summed E-state index contributed by atoms with van der Waals surface area (Å²) < 4.78 is 11.1. The van der Waals surface area contributed by atoms with Gasteiger partial charge in [0.15, 0.2) is 5.78 Å². The van der Waals surface area contributed by atoms with E-state index in [1.807, 2.05) is 36.4 Å². The summed E-state index contributed by atoms with van der Waals surface area (Å²) in [4.78, 5) is 23.0. The lowest BCUT2D eigenvalue weighted by molar-refractivity contribution is -0.384. The van der Waals surface area contributed by atoms with Crippen molar-refractivity contribution < 1.29 is 19.2 Å². The van der Waals surface area contributed by atoms with Crippen LogP contribution >= 0.6 is 0 Å². The second-order valence-corrected chi connectivity index (χ2v) is 7.59. The van der Waals surface area contributed by atoms with Gasteiger partial charge in [-0.1, -0.05) is 56.3 Å². The molecule has 0 saturated carbocycles. The van der Waals surface area contributed by atoms with Crippen molar-refractivity contribution in [1.29, 1.82) is 0 Å². The Labute approximate surface area is 187 Å². The highest BCUT2D eigenvalue weighted by atomic mass is 16.6. The van der Waals surface area contributed by atoms with Crippen LogP contribution in [-0.4, -0.2) is 17.8 Å². The van der Waals surface area contributed by atoms with Crippen LogP contribution in [0.15, 0.2) is 72.8 Å². The molecule has 0 radical (unpaired) electrons. The molecule has 0 aliphatic carbocycles. The maximum absolute atomic E-state index is 12.5. The van der Waals surface area contributed by atoms with Gasteiger partial charge in [-0.05, 0) is 41.3 Å². The fraction of sp³-hybridized carbons (Fsp3) is 0.192. The van der Waals surface area contributed by atoms with E-state index >= 15 is 0 Å². The first kappa shape index (κ1) is 22.7. The highest BCUT2D eigenvalue weighted by Gasteiger charge is 2.09. The molecule has 0 atom stereocenters. The minimum atomic E-state index is -0.466. The van der Waals surface area contributed by atoms with Crippen LogP contribution < -0.4 is 9.47 Å². The molecular formula is C26H25NO5. The summed E-state index contributed by atoms with van der Waals surface area (Å²) in [5.41, 5.74) is 3.36. The Morgan fingerprint density at radius 2 is 1.81 bits per heavy atom. The summed E-state index contributed by atoms with van der Waals surface area (Å²) >= 11 is 0. The maximum atomic E-state index is 12.5. The number of ketones is 1. The quantitative estimate of drug-likeness (QED) is 0.174. The molecule has 164 valence electrons. The number of nitrogens with zero attached hydrogens (tertiary/aromatic N) is 1. The number of benzene rings is 3. The number of non-ortho nitro benzene ring substituents is 1. The van der Waals surface area contributed by atoms with Crippen LogP contribution in [0.5, 0.6) is 11.5 Å². The van der Waals surface area contributed by atoms with Gasteiger partial charge in [-0.15, -0.1) is 0 Å². The number of carbonyl (C=O) groups excluding carboxylic acids is 1. The number of rotatable bonds is 9. The fourth-order valence-electron chi connectivity index (χ4n) is 3.16. The first-order valence-electron chi connectivity index (χ1n) is 10.2. The molecule has 0 fully saturated rings. The maximum Gasteiger partial charge on any atom is 0.273 e. The molecule has 32 heavy (non-hydrogen) atoms. The minimum absolute atomic E-state index is 0.0360. The Bertz CT molecular complexity index is 1130. The van der Waals surface area contributed by atoms with E-state index in [2.05, 4.69) is 13.8 Å². The van der Waals surface area contributed by atoms with Crippen LogP contribution in [0.4, 0.5) is 5.69 Å². The largest absolute Gasteiger partial charge is 0.496 e. The summed E-state index contributed by atoms with van der Waals surface area (Å²) in [6, 6.07) is 19.2. The summed E-state index contributed by atoms with van der Waals surface area (Å²) in [6.07, 6.45) is 3.28. The predicted octanol–water partition coefficient (Wildman–Crippen LogP) is 6.20. The monoisotopic (exact) mass is 431 g/mol. The van der Waals surface area contributed by atoms with Crippen molar-refractivity contribution in [3.05, 3.63) is 105 Å². The third-order valence-electron chi connectivity index (χ3n) is 5.02. The van der Waals surface area contributed by atoms with Gasteiger partial charge >= 0.3 is 0 Å². The third-order valence-corrected chi connectivity index (χ3v) is 5.02. The molecule has 0 amide bonds. The second-order valence-electron chi connectivity index (χ2n) is 7.59. The number of hydrogen-bond donors (Lipinski definition) is 0. The SMILES string of the molecule is COc1ccc(/C=C/C(=O)c2ccc(C(C)C)cc2)cc1COc1cccc([N+](=O)[O-])c1. The number of nitro benzene ring substituents is 1. The van der Waals surface area contributed by atoms with Crippen molar-refractivity contribution in [2.24, 2.45) is 0 Å². The van der Waals surface area contributed by atoms with Crippen LogP contribution in [0.2, 0.25) is 0 Å². The lowest BCUT2D eigenvalue weighted by Gasteiger charge is -2.11. The van der Waals surface area contributed by atoms with Crippen LogP contribution in [0, 0.1) is 10.1 Å². The minimum Gasteiger partial charge on any atom is -0.496 e. The van der Waals surface area contributed by atoms with Crippen molar-refractivity contribution in [2.45, 2.75) is 26.4 Å². The zero-order chi connectivity index (χ0) is 23.1. The van der Waals surface area contributed by atoms with Gasteiger partial charge in [-0.3, -0.25) is 14.9 Å². The molecule has 0 unspecified atom stereocenters.